The molecule has 0 saturated carbocycles. The van der Waals surface area contributed by atoms with E-state index in [0.717, 1.165) is 10.5 Å². The molecule has 180 valence electrons. The molecule has 0 aliphatic rings. The van der Waals surface area contributed by atoms with Crippen molar-refractivity contribution in [2.24, 2.45) is 0 Å². The summed E-state index contributed by atoms with van der Waals surface area (Å²) in [7, 11) is -2.34. The van der Waals surface area contributed by atoms with Crippen molar-refractivity contribution in [2.75, 3.05) is 24.7 Å². The number of thioether (sulfide) groups is 1. The van der Waals surface area contributed by atoms with Crippen LogP contribution in [0.5, 0.6) is 11.5 Å². The molecular weight excluding hydrogens is 496 g/mol. The van der Waals surface area contributed by atoms with Crippen LogP contribution < -0.4 is 19.5 Å². The van der Waals surface area contributed by atoms with Crippen LogP contribution in [0.25, 0.3) is 0 Å². The highest BCUT2D eigenvalue weighted by molar-refractivity contribution is 7.98. The largest absolute Gasteiger partial charge is 0.497 e. The lowest BCUT2D eigenvalue weighted by Crippen LogP contribution is -2.31. The van der Waals surface area contributed by atoms with Crippen LogP contribution in [0.2, 0.25) is 5.02 Å². The van der Waals surface area contributed by atoms with Crippen molar-refractivity contribution in [3.8, 4) is 11.5 Å². The Hall–Kier alpha value is -2.88. The second-order valence-corrected chi connectivity index (χ2v) is 10.2. The lowest BCUT2D eigenvalue weighted by molar-refractivity contribution is -0.123. The van der Waals surface area contributed by atoms with E-state index in [9.17, 15) is 13.2 Å². The molecule has 0 fully saturated rings. The average molecular weight is 521 g/mol. The highest BCUT2D eigenvalue weighted by Crippen LogP contribution is 2.29. The fourth-order valence-electron chi connectivity index (χ4n) is 3.04. The molecule has 2 N–H and O–H groups in total. The number of hydrogen-bond acceptors (Lipinski definition) is 6. The zero-order valence-electron chi connectivity index (χ0n) is 18.9. The maximum absolute atomic E-state index is 12.7. The predicted octanol–water partition coefficient (Wildman–Crippen LogP) is 5.13. The first-order chi connectivity index (χ1) is 16.2. The highest BCUT2D eigenvalue weighted by Gasteiger charge is 2.17. The summed E-state index contributed by atoms with van der Waals surface area (Å²) in [5.41, 5.74) is 1.36. The van der Waals surface area contributed by atoms with Crippen molar-refractivity contribution in [1.82, 2.24) is 5.32 Å². The Morgan fingerprint density at radius 1 is 1.06 bits per heavy atom. The smallest absolute Gasteiger partial charge is 0.261 e. The number of ether oxygens (including phenoxy) is 2. The molecule has 0 bridgehead atoms. The third-order valence-corrected chi connectivity index (χ3v) is 7.33. The standard InChI is InChI=1S/C24H25ClN2O5S2/c1-16(17-4-10-20(33-3)11-5-17)26-24(28)15-32-23-13-12-21(14-22(23)25)34(29,30)27-18-6-8-19(31-2)9-7-18/h4-14,16,27H,15H2,1-3H3,(H,26,28)/t16-/m0/s1. The molecule has 0 unspecified atom stereocenters. The summed E-state index contributed by atoms with van der Waals surface area (Å²) in [6.07, 6.45) is 2.00. The van der Waals surface area contributed by atoms with Gasteiger partial charge in [-0.15, -0.1) is 11.8 Å². The van der Waals surface area contributed by atoms with Gasteiger partial charge in [-0.05, 0) is 73.3 Å². The van der Waals surface area contributed by atoms with E-state index in [2.05, 4.69) is 10.0 Å². The Morgan fingerprint density at radius 2 is 1.74 bits per heavy atom. The van der Waals surface area contributed by atoms with Gasteiger partial charge < -0.3 is 14.8 Å². The number of anilines is 1. The maximum Gasteiger partial charge on any atom is 0.261 e. The number of carbonyl (C=O) groups is 1. The molecule has 1 amide bonds. The topological polar surface area (TPSA) is 93.7 Å². The van der Waals surface area contributed by atoms with Gasteiger partial charge in [-0.1, -0.05) is 23.7 Å². The predicted molar refractivity (Wildman–Crippen MR) is 136 cm³/mol. The zero-order chi connectivity index (χ0) is 24.7. The van der Waals surface area contributed by atoms with Gasteiger partial charge in [-0.3, -0.25) is 9.52 Å². The highest BCUT2D eigenvalue weighted by atomic mass is 35.5. The Balaban J connectivity index is 1.59. The van der Waals surface area contributed by atoms with Crippen LogP contribution in [0, 0.1) is 0 Å². The molecule has 3 aromatic carbocycles. The third-order valence-electron chi connectivity index (χ3n) is 4.91. The molecule has 10 heteroatoms. The SMILES string of the molecule is COc1ccc(NS(=O)(=O)c2ccc(OCC(=O)N[C@@H](C)c3ccc(SC)cc3)c(Cl)c2)cc1. The van der Waals surface area contributed by atoms with Crippen LogP contribution in [0.1, 0.15) is 18.5 Å². The molecule has 0 aromatic heterocycles. The average Bonchev–Trinajstić information content (AvgIpc) is 2.83. The number of rotatable bonds is 10. The van der Waals surface area contributed by atoms with Gasteiger partial charge in [0, 0.05) is 10.6 Å². The van der Waals surface area contributed by atoms with E-state index in [0.29, 0.717) is 11.4 Å². The van der Waals surface area contributed by atoms with E-state index in [4.69, 9.17) is 21.1 Å². The molecule has 0 heterocycles. The number of sulfonamides is 1. The summed E-state index contributed by atoms with van der Waals surface area (Å²) in [5.74, 6) is 0.493. The monoisotopic (exact) mass is 520 g/mol. The summed E-state index contributed by atoms with van der Waals surface area (Å²) >= 11 is 7.87. The zero-order valence-corrected chi connectivity index (χ0v) is 21.3. The molecule has 3 aromatic rings. The third kappa shape index (κ3) is 6.82. The number of methoxy groups -OCH3 is 1. The summed E-state index contributed by atoms with van der Waals surface area (Å²) in [5, 5.41) is 2.94. The molecule has 0 radical (unpaired) electrons. The normalized spacial score (nSPS) is 12.0. The van der Waals surface area contributed by atoms with E-state index in [1.807, 2.05) is 37.4 Å². The summed E-state index contributed by atoms with van der Waals surface area (Å²) in [4.78, 5) is 13.4. The summed E-state index contributed by atoms with van der Waals surface area (Å²) < 4.78 is 38.4. The molecule has 34 heavy (non-hydrogen) atoms. The van der Waals surface area contributed by atoms with Gasteiger partial charge in [0.05, 0.1) is 23.1 Å². The van der Waals surface area contributed by atoms with Gasteiger partial charge in [-0.25, -0.2) is 8.42 Å². The van der Waals surface area contributed by atoms with E-state index in [-0.39, 0.29) is 34.2 Å². The van der Waals surface area contributed by atoms with E-state index < -0.39 is 10.0 Å². The number of benzene rings is 3. The van der Waals surface area contributed by atoms with Crippen LogP contribution in [0.15, 0.2) is 76.5 Å². The minimum absolute atomic E-state index is 0.0348. The summed E-state index contributed by atoms with van der Waals surface area (Å²) in [6, 6.07) is 18.3. The quantitative estimate of drug-likeness (QED) is 0.360. The minimum Gasteiger partial charge on any atom is -0.497 e. The first kappa shape index (κ1) is 25.7. The van der Waals surface area contributed by atoms with Crippen molar-refractivity contribution in [1.29, 1.82) is 0 Å². The Kier molecular flexibility index (Phi) is 8.71. The van der Waals surface area contributed by atoms with Crippen molar-refractivity contribution in [2.45, 2.75) is 22.8 Å². The van der Waals surface area contributed by atoms with Gasteiger partial charge in [0.1, 0.15) is 11.5 Å². The lowest BCUT2D eigenvalue weighted by Gasteiger charge is -2.16. The molecule has 0 aliphatic heterocycles. The summed E-state index contributed by atoms with van der Waals surface area (Å²) in [6.45, 7) is 1.62. The fraction of sp³-hybridized carbons (Fsp3) is 0.208. The van der Waals surface area contributed by atoms with Gasteiger partial charge in [-0.2, -0.15) is 0 Å². The number of carbonyl (C=O) groups excluding carboxylic acids is 1. The first-order valence-electron chi connectivity index (χ1n) is 10.2. The van der Waals surface area contributed by atoms with Crippen LogP contribution in [0.3, 0.4) is 0 Å². The number of amides is 1. The lowest BCUT2D eigenvalue weighted by atomic mass is 10.1. The number of halogens is 1. The Labute approximate surface area is 208 Å². The second kappa shape index (κ2) is 11.5. The molecule has 7 nitrogen and oxygen atoms in total. The molecule has 1 atom stereocenters. The molecule has 3 rings (SSSR count). The van der Waals surface area contributed by atoms with Crippen molar-refractivity contribution in [3.05, 3.63) is 77.3 Å². The molecule has 0 spiro atoms. The van der Waals surface area contributed by atoms with Crippen molar-refractivity contribution in [3.63, 3.8) is 0 Å². The van der Waals surface area contributed by atoms with Crippen LogP contribution in [0.4, 0.5) is 5.69 Å². The first-order valence-corrected chi connectivity index (χ1v) is 13.3. The van der Waals surface area contributed by atoms with Crippen molar-refractivity contribution >= 4 is 45.0 Å². The molecular formula is C24H25ClN2O5S2. The van der Waals surface area contributed by atoms with Gasteiger partial charge in [0.2, 0.25) is 0 Å². The van der Waals surface area contributed by atoms with Gasteiger partial charge in [0.15, 0.2) is 6.61 Å². The molecule has 0 aliphatic carbocycles. The minimum atomic E-state index is -3.87. The second-order valence-electron chi connectivity index (χ2n) is 7.28. The van der Waals surface area contributed by atoms with Gasteiger partial charge in [0.25, 0.3) is 15.9 Å². The Morgan fingerprint density at radius 3 is 2.32 bits per heavy atom. The number of nitrogens with one attached hydrogen (secondary N) is 2. The fourth-order valence-corrected chi connectivity index (χ4v) is 4.83. The molecule has 0 saturated heterocycles. The maximum atomic E-state index is 12.7. The van der Waals surface area contributed by atoms with Crippen LogP contribution in [-0.2, 0) is 14.8 Å². The van der Waals surface area contributed by atoms with E-state index in [1.165, 1.54) is 25.3 Å². The van der Waals surface area contributed by atoms with E-state index in [1.54, 1.807) is 36.0 Å². The van der Waals surface area contributed by atoms with Crippen LogP contribution in [-0.4, -0.2) is 34.3 Å². The van der Waals surface area contributed by atoms with Crippen molar-refractivity contribution < 1.29 is 22.7 Å². The van der Waals surface area contributed by atoms with Gasteiger partial charge >= 0.3 is 0 Å². The number of hydrogen-bond donors (Lipinski definition) is 2. The van der Waals surface area contributed by atoms with Crippen LogP contribution >= 0.6 is 23.4 Å². The van der Waals surface area contributed by atoms with E-state index >= 15 is 0 Å². The Bertz CT molecular complexity index is 1230.